The summed E-state index contributed by atoms with van der Waals surface area (Å²) >= 11 is 0. The molecular formula is C49H29N3O. The van der Waals surface area contributed by atoms with Crippen LogP contribution in [0.3, 0.4) is 0 Å². The first-order valence-electron chi connectivity index (χ1n) is 17.8. The van der Waals surface area contributed by atoms with E-state index in [4.69, 9.17) is 19.4 Å². The highest BCUT2D eigenvalue weighted by molar-refractivity contribution is 6.15. The van der Waals surface area contributed by atoms with Gasteiger partial charge in [-0.1, -0.05) is 146 Å². The van der Waals surface area contributed by atoms with Crippen molar-refractivity contribution in [2.24, 2.45) is 0 Å². The van der Waals surface area contributed by atoms with Crippen molar-refractivity contribution in [2.75, 3.05) is 0 Å². The Labute approximate surface area is 304 Å². The average Bonchev–Trinajstić information content (AvgIpc) is 3.60. The molecule has 0 aliphatic rings. The van der Waals surface area contributed by atoms with Gasteiger partial charge < -0.3 is 4.42 Å². The fraction of sp³-hybridized carbons (Fsp3) is 0. The van der Waals surface area contributed by atoms with Gasteiger partial charge in [0.25, 0.3) is 0 Å². The molecule has 9 aromatic carbocycles. The van der Waals surface area contributed by atoms with Gasteiger partial charge in [0, 0.05) is 27.5 Å². The van der Waals surface area contributed by atoms with Gasteiger partial charge in [0.1, 0.15) is 11.2 Å². The zero-order chi connectivity index (χ0) is 34.9. The molecule has 0 atom stereocenters. The van der Waals surface area contributed by atoms with Gasteiger partial charge in [0.2, 0.25) is 0 Å². The molecule has 0 saturated carbocycles. The zero-order valence-corrected chi connectivity index (χ0v) is 28.5. The van der Waals surface area contributed by atoms with Crippen LogP contribution in [0.1, 0.15) is 0 Å². The van der Waals surface area contributed by atoms with Crippen molar-refractivity contribution in [1.29, 1.82) is 0 Å². The molecule has 0 bridgehead atoms. The lowest BCUT2D eigenvalue weighted by Crippen LogP contribution is -2.00. The van der Waals surface area contributed by atoms with Crippen LogP contribution in [0.25, 0.3) is 110 Å². The number of furan rings is 1. The minimum absolute atomic E-state index is 0.627. The van der Waals surface area contributed by atoms with E-state index in [-0.39, 0.29) is 0 Å². The van der Waals surface area contributed by atoms with Crippen molar-refractivity contribution in [3.8, 4) is 45.3 Å². The Bertz CT molecular complexity index is 3230. The maximum absolute atomic E-state index is 6.37. The van der Waals surface area contributed by atoms with Crippen LogP contribution in [0, 0.1) is 0 Å². The summed E-state index contributed by atoms with van der Waals surface area (Å²) in [7, 11) is 0. The summed E-state index contributed by atoms with van der Waals surface area (Å²) in [5.74, 6) is 1.90. The lowest BCUT2D eigenvalue weighted by Gasteiger charge is -2.11. The van der Waals surface area contributed by atoms with Crippen LogP contribution in [0.5, 0.6) is 0 Å². The number of hydrogen-bond donors (Lipinski definition) is 0. The van der Waals surface area contributed by atoms with E-state index < -0.39 is 0 Å². The summed E-state index contributed by atoms with van der Waals surface area (Å²) in [6.07, 6.45) is 0. The Morgan fingerprint density at radius 1 is 0.302 bits per heavy atom. The molecule has 0 saturated heterocycles. The van der Waals surface area contributed by atoms with Gasteiger partial charge in [0.05, 0.1) is 0 Å². The number of nitrogens with zero attached hydrogens (tertiary/aromatic N) is 3. The third-order valence-corrected chi connectivity index (χ3v) is 10.5. The van der Waals surface area contributed by atoms with Crippen molar-refractivity contribution in [3.63, 3.8) is 0 Å². The second-order valence-corrected chi connectivity index (χ2v) is 13.6. The average molecular weight is 676 g/mol. The Balaban J connectivity index is 1.05. The monoisotopic (exact) mass is 675 g/mol. The van der Waals surface area contributed by atoms with Gasteiger partial charge in [-0.3, -0.25) is 0 Å². The first-order valence-corrected chi connectivity index (χ1v) is 17.8. The van der Waals surface area contributed by atoms with Crippen LogP contribution >= 0.6 is 0 Å². The molecule has 0 unspecified atom stereocenters. The number of aromatic nitrogens is 3. The van der Waals surface area contributed by atoms with Crippen molar-refractivity contribution < 1.29 is 4.42 Å². The molecule has 0 N–H and O–H groups in total. The van der Waals surface area contributed by atoms with Gasteiger partial charge in [-0.15, -0.1) is 0 Å². The number of rotatable bonds is 4. The van der Waals surface area contributed by atoms with Crippen LogP contribution in [0.15, 0.2) is 180 Å². The molecular weight excluding hydrogens is 647 g/mol. The van der Waals surface area contributed by atoms with Crippen LogP contribution in [-0.4, -0.2) is 15.0 Å². The van der Waals surface area contributed by atoms with E-state index >= 15 is 0 Å². The summed E-state index contributed by atoms with van der Waals surface area (Å²) in [5.41, 5.74) is 6.80. The number of fused-ring (bicyclic) bond motifs is 8. The van der Waals surface area contributed by atoms with Crippen molar-refractivity contribution >= 4 is 65.0 Å². The largest absolute Gasteiger partial charge is 0.456 e. The fourth-order valence-electron chi connectivity index (χ4n) is 7.79. The van der Waals surface area contributed by atoms with E-state index in [9.17, 15) is 0 Å². The minimum Gasteiger partial charge on any atom is -0.456 e. The maximum Gasteiger partial charge on any atom is 0.164 e. The highest BCUT2D eigenvalue weighted by atomic mass is 16.3. The normalized spacial score (nSPS) is 11.8. The smallest absolute Gasteiger partial charge is 0.164 e. The summed E-state index contributed by atoms with van der Waals surface area (Å²) in [6, 6.07) is 61.7. The molecule has 0 fully saturated rings. The van der Waals surface area contributed by atoms with Crippen LogP contribution < -0.4 is 0 Å². The van der Waals surface area contributed by atoms with Gasteiger partial charge in [-0.2, -0.15) is 0 Å². The topological polar surface area (TPSA) is 51.8 Å². The molecule has 246 valence electrons. The predicted molar refractivity (Wildman–Crippen MR) is 219 cm³/mol. The molecule has 0 aliphatic carbocycles. The third-order valence-electron chi connectivity index (χ3n) is 10.5. The van der Waals surface area contributed by atoms with Gasteiger partial charge in [-0.25, -0.2) is 15.0 Å². The van der Waals surface area contributed by atoms with E-state index in [2.05, 4.69) is 170 Å². The minimum atomic E-state index is 0.627. The van der Waals surface area contributed by atoms with Gasteiger partial charge in [0.15, 0.2) is 17.5 Å². The second kappa shape index (κ2) is 11.7. The Hall–Kier alpha value is -7.17. The lowest BCUT2D eigenvalue weighted by molar-refractivity contribution is 0.669. The molecule has 4 nitrogen and oxygen atoms in total. The standard InChI is InChI=1S/C49H29N3O/c1-2-10-34-26-38(23-16-30(34)8-1)48-50-47(51-49(52-48)39-24-25-41-37(27-39)22-19-31-9-5-6-13-40(31)41)33-20-17-32(18-21-33)42-14-7-15-44-46(42)43-28-35-11-3-4-12-36(35)29-45(43)53-44/h1-29H. The van der Waals surface area contributed by atoms with Crippen LogP contribution in [-0.2, 0) is 0 Å². The number of hydrogen-bond acceptors (Lipinski definition) is 4. The van der Waals surface area contributed by atoms with Crippen molar-refractivity contribution in [2.45, 2.75) is 0 Å². The molecule has 0 spiro atoms. The summed E-state index contributed by atoms with van der Waals surface area (Å²) in [4.78, 5) is 15.3. The second-order valence-electron chi connectivity index (χ2n) is 13.6. The van der Waals surface area contributed by atoms with E-state index in [0.717, 1.165) is 60.5 Å². The lowest BCUT2D eigenvalue weighted by atomic mass is 9.97. The molecule has 0 amide bonds. The van der Waals surface area contributed by atoms with Crippen molar-refractivity contribution in [3.05, 3.63) is 176 Å². The van der Waals surface area contributed by atoms with Crippen LogP contribution in [0.2, 0.25) is 0 Å². The predicted octanol–water partition coefficient (Wildman–Crippen LogP) is 13.1. The molecule has 53 heavy (non-hydrogen) atoms. The first kappa shape index (κ1) is 29.5. The molecule has 2 aromatic heterocycles. The molecule has 4 heteroatoms. The Kier molecular flexibility index (Phi) is 6.52. The van der Waals surface area contributed by atoms with Gasteiger partial charge >= 0.3 is 0 Å². The Morgan fingerprint density at radius 3 is 1.60 bits per heavy atom. The quantitative estimate of drug-likeness (QED) is 0.174. The van der Waals surface area contributed by atoms with E-state index in [1.165, 1.54) is 32.3 Å². The summed E-state index contributed by atoms with van der Waals surface area (Å²) < 4.78 is 6.37. The van der Waals surface area contributed by atoms with Crippen LogP contribution in [0.4, 0.5) is 0 Å². The molecule has 11 aromatic rings. The molecule has 0 radical (unpaired) electrons. The first-order chi connectivity index (χ1) is 26.2. The SMILES string of the molecule is c1ccc2cc(-c3nc(-c4ccc(-c5cccc6oc7cc8ccccc8cc7c56)cc4)nc(-c4ccc5c(ccc6ccccc65)c4)n3)ccc2c1. The fourth-order valence-corrected chi connectivity index (χ4v) is 7.79. The third kappa shape index (κ3) is 4.95. The highest BCUT2D eigenvalue weighted by Crippen LogP contribution is 2.39. The van der Waals surface area contributed by atoms with E-state index in [1.807, 2.05) is 6.07 Å². The highest BCUT2D eigenvalue weighted by Gasteiger charge is 2.16. The zero-order valence-electron chi connectivity index (χ0n) is 28.5. The maximum atomic E-state index is 6.37. The van der Waals surface area contributed by atoms with Gasteiger partial charge in [-0.05, 0) is 84.5 Å². The summed E-state index contributed by atoms with van der Waals surface area (Å²) in [6.45, 7) is 0. The van der Waals surface area contributed by atoms with Crippen molar-refractivity contribution in [1.82, 2.24) is 15.0 Å². The summed E-state index contributed by atoms with van der Waals surface area (Å²) in [5, 5.41) is 11.7. The molecule has 11 rings (SSSR count). The molecule has 2 heterocycles. The molecule has 0 aliphatic heterocycles. The van der Waals surface area contributed by atoms with E-state index in [1.54, 1.807) is 0 Å². The number of benzene rings is 9. The Morgan fingerprint density at radius 2 is 0.830 bits per heavy atom. The van der Waals surface area contributed by atoms with E-state index in [0.29, 0.717) is 17.5 Å².